The number of nitrogens with one attached hydrogen (secondary N) is 2. The molecular weight excluding hydrogens is 385 g/mol. The second kappa shape index (κ2) is 6.46. The van der Waals surface area contributed by atoms with E-state index in [-0.39, 0.29) is 17.2 Å². The standard InChI is InChI=1S/C17H21F3N2O4S/c1-11(23)21-15-6-8-16(9-7-15,14(24)10-15)22-27(25,26)13-4-2-12(3-5-13)17(18,19)20/h2-5,14,22,24H,6-10H2,1H3,(H,21,23)/t14-,15?,16?/m0/s1. The zero-order valence-corrected chi connectivity index (χ0v) is 15.5. The molecule has 0 unspecified atom stereocenters. The molecule has 1 atom stereocenters. The molecule has 3 aliphatic carbocycles. The topological polar surface area (TPSA) is 95.5 Å². The summed E-state index contributed by atoms with van der Waals surface area (Å²) < 4.78 is 65.8. The molecule has 27 heavy (non-hydrogen) atoms. The van der Waals surface area contributed by atoms with Crippen LogP contribution in [0.2, 0.25) is 0 Å². The second-order valence-electron chi connectivity index (χ2n) is 7.47. The second-order valence-corrected chi connectivity index (χ2v) is 9.15. The van der Waals surface area contributed by atoms with Crippen LogP contribution >= 0.6 is 0 Å². The van der Waals surface area contributed by atoms with Crippen molar-refractivity contribution in [1.29, 1.82) is 0 Å². The molecule has 6 nitrogen and oxygen atoms in total. The highest BCUT2D eigenvalue weighted by Crippen LogP contribution is 2.47. The number of benzene rings is 1. The summed E-state index contributed by atoms with van der Waals surface area (Å²) in [6.07, 6.45) is -3.65. The molecule has 0 saturated heterocycles. The van der Waals surface area contributed by atoms with Gasteiger partial charge in [0.05, 0.1) is 22.1 Å². The van der Waals surface area contributed by atoms with Crippen molar-refractivity contribution in [3.8, 4) is 0 Å². The zero-order valence-electron chi connectivity index (χ0n) is 14.6. The Kier molecular flexibility index (Phi) is 4.80. The largest absolute Gasteiger partial charge is 0.416 e. The minimum Gasteiger partial charge on any atom is -0.391 e. The van der Waals surface area contributed by atoms with Gasteiger partial charge in [-0.1, -0.05) is 0 Å². The van der Waals surface area contributed by atoms with Crippen molar-refractivity contribution in [1.82, 2.24) is 10.0 Å². The fourth-order valence-corrected chi connectivity index (χ4v) is 5.63. The van der Waals surface area contributed by atoms with Crippen LogP contribution in [0.4, 0.5) is 13.2 Å². The summed E-state index contributed by atoms with van der Waals surface area (Å²) in [5, 5.41) is 13.4. The van der Waals surface area contributed by atoms with Crippen LogP contribution < -0.4 is 10.0 Å². The molecule has 0 spiro atoms. The van der Waals surface area contributed by atoms with Gasteiger partial charge in [-0.3, -0.25) is 4.79 Å². The van der Waals surface area contributed by atoms with Gasteiger partial charge in [-0.2, -0.15) is 13.2 Å². The fraction of sp³-hybridized carbons (Fsp3) is 0.588. The summed E-state index contributed by atoms with van der Waals surface area (Å²) in [5.74, 6) is -0.207. The molecule has 3 N–H and O–H groups in total. The first-order valence-corrected chi connectivity index (χ1v) is 10.0. The molecule has 0 aromatic heterocycles. The maximum absolute atomic E-state index is 12.7. The molecule has 3 aliphatic rings. The molecule has 10 heteroatoms. The van der Waals surface area contributed by atoms with Crippen LogP contribution in [0.25, 0.3) is 0 Å². The van der Waals surface area contributed by atoms with Crippen LogP contribution in [-0.4, -0.2) is 36.6 Å². The normalized spacial score (nSPS) is 30.9. The molecule has 3 saturated carbocycles. The monoisotopic (exact) mass is 406 g/mol. The van der Waals surface area contributed by atoms with Crippen molar-refractivity contribution in [2.24, 2.45) is 0 Å². The van der Waals surface area contributed by atoms with Crippen molar-refractivity contribution >= 4 is 15.9 Å². The lowest BCUT2D eigenvalue weighted by molar-refractivity contribution is -0.137. The van der Waals surface area contributed by atoms with Gasteiger partial charge in [-0.05, 0) is 56.4 Å². The lowest BCUT2D eigenvalue weighted by Gasteiger charge is -2.56. The van der Waals surface area contributed by atoms with Gasteiger partial charge in [0.1, 0.15) is 0 Å². The number of sulfonamides is 1. The number of carbonyl (C=O) groups is 1. The summed E-state index contributed by atoms with van der Waals surface area (Å²) in [5.41, 5.74) is -2.55. The average molecular weight is 406 g/mol. The SMILES string of the molecule is CC(=O)NC12CCC(NS(=O)(=O)c3ccc(C(F)(F)F)cc3)(CC1)[C@@H](O)C2. The van der Waals surface area contributed by atoms with E-state index in [1.807, 2.05) is 0 Å². The van der Waals surface area contributed by atoms with E-state index in [0.29, 0.717) is 37.8 Å². The highest BCUT2D eigenvalue weighted by molar-refractivity contribution is 7.89. The Labute approximate surface area is 155 Å². The molecule has 3 fully saturated rings. The zero-order chi connectivity index (χ0) is 20.1. The van der Waals surface area contributed by atoms with Crippen molar-refractivity contribution in [2.45, 2.75) is 67.3 Å². The predicted octanol–water partition coefficient (Wildman–Crippen LogP) is 1.94. The lowest BCUT2D eigenvalue weighted by atomic mass is 9.60. The van der Waals surface area contributed by atoms with E-state index in [0.717, 1.165) is 12.1 Å². The van der Waals surface area contributed by atoms with Gasteiger partial charge < -0.3 is 10.4 Å². The van der Waals surface area contributed by atoms with Gasteiger partial charge in [0.25, 0.3) is 0 Å². The summed E-state index contributed by atoms with van der Waals surface area (Å²) in [7, 11) is -4.11. The Morgan fingerprint density at radius 2 is 1.70 bits per heavy atom. The van der Waals surface area contributed by atoms with Crippen molar-refractivity contribution in [3.05, 3.63) is 29.8 Å². The number of rotatable bonds is 4. The first kappa shape index (κ1) is 20.1. The third kappa shape index (κ3) is 3.83. The van der Waals surface area contributed by atoms with E-state index in [1.165, 1.54) is 6.92 Å². The molecule has 4 rings (SSSR count). The molecule has 1 aromatic carbocycles. The molecular formula is C17H21F3N2O4S. The molecule has 150 valence electrons. The molecule has 0 aliphatic heterocycles. The number of aliphatic hydroxyl groups is 1. The highest BCUT2D eigenvalue weighted by Gasteiger charge is 2.56. The number of fused-ring (bicyclic) bond motifs is 3. The van der Waals surface area contributed by atoms with E-state index < -0.39 is 38.9 Å². The summed E-state index contributed by atoms with van der Waals surface area (Å²) >= 11 is 0. The predicted molar refractivity (Wildman–Crippen MR) is 90.1 cm³/mol. The average Bonchev–Trinajstić information content (AvgIpc) is 2.55. The first-order chi connectivity index (χ1) is 12.4. The third-order valence-corrected chi connectivity index (χ3v) is 7.16. The van der Waals surface area contributed by atoms with Gasteiger partial charge >= 0.3 is 6.18 Å². The number of aliphatic hydroxyl groups excluding tert-OH is 1. The van der Waals surface area contributed by atoms with Crippen LogP contribution in [0.1, 0.15) is 44.6 Å². The van der Waals surface area contributed by atoms with Crippen LogP contribution in [0.15, 0.2) is 29.2 Å². The van der Waals surface area contributed by atoms with Gasteiger partial charge in [-0.15, -0.1) is 0 Å². The van der Waals surface area contributed by atoms with E-state index in [9.17, 15) is 31.5 Å². The smallest absolute Gasteiger partial charge is 0.391 e. The Hall–Kier alpha value is -1.65. The number of amides is 1. The van der Waals surface area contributed by atoms with Crippen molar-refractivity contribution in [2.75, 3.05) is 0 Å². The molecule has 2 bridgehead atoms. The number of carbonyl (C=O) groups excluding carboxylic acids is 1. The quantitative estimate of drug-likeness (QED) is 0.712. The maximum Gasteiger partial charge on any atom is 0.416 e. The van der Waals surface area contributed by atoms with Gasteiger partial charge in [0.2, 0.25) is 15.9 Å². The molecule has 1 amide bonds. The third-order valence-electron chi connectivity index (χ3n) is 5.59. The van der Waals surface area contributed by atoms with E-state index >= 15 is 0 Å². The Balaban J connectivity index is 1.79. The van der Waals surface area contributed by atoms with E-state index in [4.69, 9.17) is 0 Å². The molecule has 0 heterocycles. The van der Waals surface area contributed by atoms with Crippen molar-refractivity contribution < 1.29 is 31.5 Å². The summed E-state index contributed by atoms with van der Waals surface area (Å²) in [4.78, 5) is 11.1. The summed E-state index contributed by atoms with van der Waals surface area (Å²) in [6.45, 7) is 1.39. The van der Waals surface area contributed by atoms with Gasteiger partial charge in [0, 0.05) is 12.5 Å². The Morgan fingerprint density at radius 1 is 1.15 bits per heavy atom. The van der Waals surface area contributed by atoms with Gasteiger partial charge in [0.15, 0.2) is 0 Å². The van der Waals surface area contributed by atoms with Crippen LogP contribution in [0.5, 0.6) is 0 Å². The number of halogens is 3. The fourth-order valence-electron chi connectivity index (χ4n) is 4.15. The minimum atomic E-state index is -4.55. The molecule has 1 aromatic rings. The van der Waals surface area contributed by atoms with E-state index in [1.54, 1.807) is 0 Å². The minimum absolute atomic E-state index is 0.207. The highest BCUT2D eigenvalue weighted by atomic mass is 32.2. The van der Waals surface area contributed by atoms with E-state index in [2.05, 4.69) is 10.0 Å². The lowest BCUT2D eigenvalue weighted by Crippen LogP contribution is -2.69. The number of hydrogen-bond donors (Lipinski definition) is 3. The van der Waals surface area contributed by atoms with Crippen LogP contribution in [0.3, 0.4) is 0 Å². The van der Waals surface area contributed by atoms with Crippen LogP contribution in [-0.2, 0) is 21.0 Å². The number of alkyl halides is 3. The van der Waals surface area contributed by atoms with Gasteiger partial charge in [-0.25, -0.2) is 13.1 Å². The first-order valence-electron chi connectivity index (χ1n) is 8.56. The Morgan fingerprint density at radius 3 is 2.15 bits per heavy atom. The van der Waals surface area contributed by atoms with Crippen molar-refractivity contribution in [3.63, 3.8) is 0 Å². The number of hydrogen-bond acceptors (Lipinski definition) is 4. The van der Waals surface area contributed by atoms with Crippen LogP contribution in [0, 0.1) is 0 Å². The molecule has 0 radical (unpaired) electrons. The Bertz CT molecular complexity index is 829. The summed E-state index contributed by atoms with van der Waals surface area (Å²) in [6, 6.07) is 3.24. The maximum atomic E-state index is 12.7.